The van der Waals surface area contributed by atoms with E-state index in [1.54, 1.807) is 6.33 Å². The van der Waals surface area contributed by atoms with E-state index in [-0.39, 0.29) is 0 Å². The minimum Gasteiger partial charge on any atom is -0.356 e. The smallest absolute Gasteiger partial charge is 0.134 e. The maximum absolute atomic E-state index is 4.50. The van der Waals surface area contributed by atoms with Crippen molar-refractivity contribution in [3.05, 3.63) is 46.2 Å². The molecule has 4 rings (SSSR count). The van der Waals surface area contributed by atoms with Gasteiger partial charge in [-0.15, -0.1) is 0 Å². The van der Waals surface area contributed by atoms with Crippen LogP contribution in [0.1, 0.15) is 24.0 Å². The second-order valence-electron chi connectivity index (χ2n) is 6.01. The van der Waals surface area contributed by atoms with Crippen molar-refractivity contribution in [3.8, 4) is 0 Å². The first kappa shape index (κ1) is 14.0. The molecule has 0 amide bonds. The Morgan fingerprint density at radius 2 is 1.64 bits per heavy atom. The van der Waals surface area contributed by atoms with Gasteiger partial charge in [-0.1, -0.05) is 22.0 Å². The number of aromatic nitrogens is 2. The van der Waals surface area contributed by atoms with Gasteiger partial charge in [0.25, 0.3) is 0 Å². The standard InChI is InChI=1S/C17H19BrN4/c18-15-4-3-14-11-22(8-5-13(14)9-15)17-10-16(19-12-20-17)21-6-1-2-7-21/h3-4,9-10,12H,1-2,5-8,11H2. The highest BCUT2D eigenvalue weighted by atomic mass is 79.9. The number of hydrogen-bond donors (Lipinski definition) is 0. The average molecular weight is 359 g/mol. The number of benzene rings is 1. The molecule has 1 aromatic heterocycles. The van der Waals surface area contributed by atoms with E-state index in [9.17, 15) is 0 Å². The Balaban J connectivity index is 1.57. The molecule has 1 fully saturated rings. The molecule has 0 bridgehead atoms. The third kappa shape index (κ3) is 2.70. The zero-order chi connectivity index (χ0) is 14.9. The first-order valence-electron chi connectivity index (χ1n) is 7.89. The fourth-order valence-corrected chi connectivity index (χ4v) is 3.75. The van der Waals surface area contributed by atoms with Crippen LogP contribution in [0.25, 0.3) is 0 Å². The van der Waals surface area contributed by atoms with Crippen LogP contribution >= 0.6 is 15.9 Å². The molecule has 2 aliphatic rings. The van der Waals surface area contributed by atoms with E-state index in [2.05, 4.69) is 60.0 Å². The topological polar surface area (TPSA) is 32.3 Å². The van der Waals surface area contributed by atoms with Gasteiger partial charge < -0.3 is 9.80 Å². The van der Waals surface area contributed by atoms with Crippen molar-refractivity contribution in [3.63, 3.8) is 0 Å². The molecule has 0 spiro atoms. The largest absolute Gasteiger partial charge is 0.356 e. The van der Waals surface area contributed by atoms with E-state index in [0.717, 1.165) is 48.7 Å². The van der Waals surface area contributed by atoms with Gasteiger partial charge in [-0.3, -0.25) is 0 Å². The SMILES string of the molecule is Brc1ccc2c(c1)CCN(c1cc(N3CCCC3)ncn1)C2. The lowest BCUT2D eigenvalue weighted by molar-refractivity contribution is 0.718. The predicted molar refractivity (Wildman–Crippen MR) is 92.4 cm³/mol. The summed E-state index contributed by atoms with van der Waals surface area (Å²) in [5.74, 6) is 2.12. The molecule has 4 nitrogen and oxygen atoms in total. The Morgan fingerprint density at radius 1 is 0.864 bits per heavy atom. The molecule has 2 aromatic rings. The van der Waals surface area contributed by atoms with Crippen molar-refractivity contribution in [2.45, 2.75) is 25.8 Å². The predicted octanol–water partition coefficient (Wildman–Crippen LogP) is 3.40. The van der Waals surface area contributed by atoms with E-state index in [1.165, 1.54) is 24.0 Å². The Labute approximate surface area is 139 Å². The minimum atomic E-state index is 0.930. The monoisotopic (exact) mass is 358 g/mol. The molecule has 0 aliphatic carbocycles. The summed E-state index contributed by atoms with van der Waals surface area (Å²) < 4.78 is 1.16. The Morgan fingerprint density at radius 3 is 2.45 bits per heavy atom. The molecule has 1 saturated heterocycles. The summed E-state index contributed by atoms with van der Waals surface area (Å²) in [6.45, 7) is 4.18. The molecule has 0 atom stereocenters. The van der Waals surface area contributed by atoms with E-state index >= 15 is 0 Å². The molecule has 1 aromatic carbocycles. The number of anilines is 2. The van der Waals surface area contributed by atoms with Crippen LogP contribution in [0.3, 0.4) is 0 Å². The Bertz CT molecular complexity index is 682. The minimum absolute atomic E-state index is 0.930. The molecule has 2 aliphatic heterocycles. The second kappa shape index (κ2) is 5.88. The molecule has 0 saturated carbocycles. The fourth-order valence-electron chi connectivity index (χ4n) is 3.35. The van der Waals surface area contributed by atoms with Gasteiger partial charge >= 0.3 is 0 Å². The number of rotatable bonds is 2. The van der Waals surface area contributed by atoms with Crippen LogP contribution < -0.4 is 9.80 Å². The lowest BCUT2D eigenvalue weighted by Gasteiger charge is -2.30. The number of fused-ring (bicyclic) bond motifs is 1. The maximum atomic E-state index is 4.50. The highest BCUT2D eigenvalue weighted by Crippen LogP contribution is 2.27. The first-order chi connectivity index (χ1) is 10.8. The van der Waals surface area contributed by atoms with E-state index in [4.69, 9.17) is 0 Å². The van der Waals surface area contributed by atoms with E-state index < -0.39 is 0 Å². The second-order valence-corrected chi connectivity index (χ2v) is 6.93. The van der Waals surface area contributed by atoms with Gasteiger partial charge in [0.15, 0.2) is 0 Å². The van der Waals surface area contributed by atoms with Crippen molar-refractivity contribution in [1.29, 1.82) is 0 Å². The van der Waals surface area contributed by atoms with Gasteiger partial charge in [0.1, 0.15) is 18.0 Å². The van der Waals surface area contributed by atoms with E-state index in [1.807, 2.05) is 0 Å². The van der Waals surface area contributed by atoms with Gasteiger partial charge in [0, 0.05) is 36.7 Å². The van der Waals surface area contributed by atoms with Gasteiger partial charge in [-0.2, -0.15) is 0 Å². The van der Waals surface area contributed by atoms with E-state index in [0.29, 0.717) is 0 Å². The lowest BCUT2D eigenvalue weighted by atomic mass is 10.00. The molecule has 22 heavy (non-hydrogen) atoms. The summed E-state index contributed by atoms with van der Waals surface area (Å²) in [4.78, 5) is 13.7. The number of halogens is 1. The summed E-state index contributed by atoms with van der Waals surface area (Å²) in [6.07, 6.45) is 5.31. The van der Waals surface area contributed by atoms with Crippen LogP contribution in [0, 0.1) is 0 Å². The maximum Gasteiger partial charge on any atom is 0.134 e. The molecule has 114 valence electrons. The summed E-state index contributed by atoms with van der Waals surface area (Å²) in [5, 5.41) is 0. The van der Waals surface area contributed by atoms with Gasteiger partial charge in [-0.25, -0.2) is 9.97 Å². The molecule has 0 unspecified atom stereocenters. The van der Waals surface area contributed by atoms with Gasteiger partial charge in [-0.05, 0) is 42.5 Å². The van der Waals surface area contributed by atoms with Crippen molar-refractivity contribution < 1.29 is 0 Å². The lowest BCUT2D eigenvalue weighted by Crippen LogP contribution is -2.31. The third-order valence-electron chi connectivity index (χ3n) is 4.57. The highest BCUT2D eigenvalue weighted by molar-refractivity contribution is 9.10. The molecule has 5 heteroatoms. The molecular weight excluding hydrogens is 340 g/mol. The molecular formula is C17H19BrN4. The van der Waals surface area contributed by atoms with Gasteiger partial charge in [0.2, 0.25) is 0 Å². The van der Waals surface area contributed by atoms with Crippen molar-refractivity contribution >= 4 is 27.6 Å². The van der Waals surface area contributed by atoms with Gasteiger partial charge in [0.05, 0.1) is 0 Å². The third-order valence-corrected chi connectivity index (χ3v) is 5.07. The quantitative estimate of drug-likeness (QED) is 0.823. The van der Waals surface area contributed by atoms with Crippen molar-refractivity contribution in [2.24, 2.45) is 0 Å². The summed E-state index contributed by atoms with van der Waals surface area (Å²) >= 11 is 3.56. The summed E-state index contributed by atoms with van der Waals surface area (Å²) in [5.41, 5.74) is 2.84. The highest BCUT2D eigenvalue weighted by Gasteiger charge is 2.20. The Kier molecular flexibility index (Phi) is 3.74. The zero-order valence-corrected chi connectivity index (χ0v) is 14.1. The van der Waals surface area contributed by atoms with Crippen LogP contribution in [0.15, 0.2) is 35.1 Å². The first-order valence-corrected chi connectivity index (χ1v) is 8.68. The number of nitrogens with zero attached hydrogens (tertiary/aromatic N) is 4. The normalized spacial score (nSPS) is 17.7. The summed E-state index contributed by atoms with van der Waals surface area (Å²) in [7, 11) is 0. The van der Waals surface area contributed by atoms with Crippen molar-refractivity contribution in [2.75, 3.05) is 29.4 Å². The van der Waals surface area contributed by atoms with Crippen LogP contribution in [-0.4, -0.2) is 29.6 Å². The molecule has 3 heterocycles. The average Bonchev–Trinajstić information content (AvgIpc) is 3.09. The Hall–Kier alpha value is -1.62. The molecule has 0 N–H and O–H groups in total. The summed E-state index contributed by atoms with van der Waals surface area (Å²) in [6, 6.07) is 8.73. The van der Waals surface area contributed by atoms with Crippen LogP contribution in [0.5, 0.6) is 0 Å². The van der Waals surface area contributed by atoms with Crippen LogP contribution in [-0.2, 0) is 13.0 Å². The van der Waals surface area contributed by atoms with Crippen LogP contribution in [0.2, 0.25) is 0 Å². The zero-order valence-electron chi connectivity index (χ0n) is 12.5. The molecule has 0 radical (unpaired) electrons. The fraction of sp³-hybridized carbons (Fsp3) is 0.412. The van der Waals surface area contributed by atoms with Crippen molar-refractivity contribution in [1.82, 2.24) is 9.97 Å². The van der Waals surface area contributed by atoms with Crippen LogP contribution in [0.4, 0.5) is 11.6 Å². The number of hydrogen-bond acceptors (Lipinski definition) is 4.